The first-order valence-corrected chi connectivity index (χ1v) is 10.4. The van der Waals surface area contributed by atoms with Crippen LogP contribution in [-0.2, 0) is 9.53 Å². The van der Waals surface area contributed by atoms with E-state index in [-0.39, 0.29) is 23.2 Å². The molecule has 2 aliphatic rings. The summed E-state index contributed by atoms with van der Waals surface area (Å²) in [6, 6.07) is 5.96. The highest BCUT2D eigenvalue weighted by atomic mass is 32.2. The molecule has 1 spiro atoms. The van der Waals surface area contributed by atoms with Crippen molar-refractivity contribution in [1.82, 2.24) is 10.2 Å². The number of halogens is 1. The van der Waals surface area contributed by atoms with Crippen molar-refractivity contribution < 1.29 is 18.7 Å². The summed E-state index contributed by atoms with van der Waals surface area (Å²) in [6.45, 7) is 1.84. The molecule has 0 unspecified atom stereocenters. The number of benzene rings is 1. The molecule has 0 aliphatic carbocycles. The Labute approximate surface area is 157 Å². The molecule has 1 aromatic rings. The van der Waals surface area contributed by atoms with Crippen LogP contribution < -0.4 is 5.32 Å². The Kier molecular flexibility index (Phi) is 6.19. The molecule has 2 amide bonds. The van der Waals surface area contributed by atoms with Crippen LogP contribution in [0.5, 0.6) is 0 Å². The Morgan fingerprint density at radius 3 is 2.73 bits per heavy atom. The third kappa shape index (κ3) is 4.38. The normalized spacial score (nSPS) is 21.8. The molecule has 7 heteroatoms. The number of piperidine rings is 1. The van der Waals surface area contributed by atoms with E-state index in [4.69, 9.17) is 4.74 Å². The predicted octanol–water partition coefficient (Wildman–Crippen LogP) is 2.46. The van der Waals surface area contributed by atoms with Crippen LogP contribution in [0.1, 0.15) is 36.0 Å². The summed E-state index contributed by atoms with van der Waals surface area (Å²) in [4.78, 5) is 26.0. The fourth-order valence-electron chi connectivity index (χ4n) is 3.73. The number of carbonyl (C=O) groups excluding carboxylic acids is 2. The predicted molar refractivity (Wildman–Crippen MR) is 99.8 cm³/mol. The molecule has 2 heterocycles. The summed E-state index contributed by atoms with van der Waals surface area (Å²) in [5.41, 5.74) is -0.121. The van der Waals surface area contributed by atoms with Gasteiger partial charge in [0.1, 0.15) is 5.82 Å². The molecule has 142 valence electrons. The van der Waals surface area contributed by atoms with Gasteiger partial charge >= 0.3 is 0 Å². The third-order valence-electron chi connectivity index (χ3n) is 5.24. The molecule has 1 N–H and O–H groups in total. The standard InChI is InChI=1S/C19H25FN2O3S/c1-26-13-17(23)22-10-8-19(9-11-22)7-6-14(25-19)12-21-18(24)15-4-2-3-5-16(15)20/h2-5,14H,6-13H2,1H3,(H,21,24)/t14-/m1/s1. The van der Waals surface area contributed by atoms with Crippen molar-refractivity contribution in [2.45, 2.75) is 37.4 Å². The molecule has 0 bridgehead atoms. The van der Waals surface area contributed by atoms with Crippen LogP contribution in [0.4, 0.5) is 4.39 Å². The minimum absolute atomic E-state index is 0.0563. The van der Waals surface area contributed by atoms with Gasteiger partial charge in [0.15, 0.2) is 0 Å². The van der Waals surface area contributed by atoms with Crippen molar-refractivity contribution >= 4 is 23.6 Å². The van der Waals surface area contributed by atoms with Gasteiger partial charge in [-0.05, 0) is 44.1 Å². The van der Waals surface area contributed by atoms with Gasteiger partial charge in [0.2, 0.25) is 5.91 Å². The first-order valence-electron chi connectivity index (χ1n) is 9.00. The molecule has 1 aromatic carbocycles. The van der Waals surface area contributed by atoms with Gasteiger partial charge in [-0.2, -0.15) is 11.8 Å². The van der Waals surface area contributed by atoms with E-state index < -0.39 is 11.7 Å². The fourth-order valence-corrected chi connectivity index (χ4v) is 4.16. The number of amides is 2. The van der Waals surface area contributed by atoms with E-state index in [1.165, 1.54) is 12.1 Å². The molecular formula is C19H25FN2O3S. The van der Waals surface area contributed by atoms with Crippen LogP contribution in [0, 0.1) is 5.82 Å². The smallest absolute Gasteiger partial charge is 0.254 e. The van der Waals surface area contributed by atoms with Crippen molar-refractivity contribution in [2.24, 2.45) is 0 Å². The molecule has 26 heavy (non-hydrogen) atoms. The van der Waals surface area contributed by atoms with E-state index in [2.05, 4.69) is 5.32 Å². The third-order valence-corrected chi connectivity index (χ3v) is 5.78. The van der Waals surface area contributed by atoms with E-state index in [1.807, 2.05) is 11.2 Å². The van der Waals surface area contributed by atoms with Crippen LogP contribution in [0.15, 0.2) is 24.3 Å². The van der Waals surface area contributed by atoms with Gasteiger partial charge in [-0.1, -0.05) is 12.1 Å². The summed E-state index contributed by atoms with van der Waals surface area (Å²) in [7, 11) is 0. The van der Waals surface area contributed by atoms with Gasteiger partial charge in [0, 0.05) is 19.6 Å². The van der Waals surface area contributed by atoms with Gasteiger partial charge in [-0.15, -0.1) is 0 Å². The summed E-state index contributed by atoms with van der Waals surface area (Å²) in [6.07, 6.45) is 5.37. The lowest BCUT2D eigenvalue weighted by Crippen LogP contribution is -2.47. The maximum absolute atomic E-state index is 13.7. The van der Waals surface area contributed by atoms with Crippen molar-refractivity contribution in [3.8, 4) is 0 Å². The molecule has 2 saturated heterocycles. The summed E-state index contributed by atoms with van der Waals surface area (Å²) in [5.74, 6) is -0.210. The molecule has 0 radical (unpaired) electrons. The largest absolute Gasteiger partial charge is 0.370 e. The second-order valence-corrected chi connectivity index (χ2v) is 7.83. The number of nitrogens with zero attached hydrogens (tertiary/aromatic N) is 1. The van der Waals surface area contributed by atoms with E-state index in [0.29, 0.717) is 12.3 Å². The van der Waals surface area contributed by atoms with Gasteiger partial charge in [0.05, 0.1) is 23.0 Å². The van der Waals surface area contributed by atoms with E-state index in [1.54, 1.807) is 23.9 Å². The molecule has 2 fully saturated rings. The Bertz CT molecular complexity index is 662. The molecule has 3 rings (SSSR count). The molecule has 2 aliphatic heterocycles. The Balaban J connectivity index is 1.47. The van der Waals surface area contributed by atoms with Crippen molar-refractivity contribution in [1.29, 1.82) is 0 Å². The maximum atomic E-state index is 13.7. The monoisotopic (exact) mass is 380 g/mol. The average Bonchev–Trinajstić information content (AvgIpc) is 3.03. The van der Waals surface area contributed by atoms with Crippen LogP contribution in [0.2, 0.25) is 0 Å². The zero-order valence-electron chi connectivity index (χ0n) is 15.0. The summed E-state index contributed by atoms with van der Waals surface area (Å²) >= 11 is 1.55. The highest BCUT2D eigenvalue weighted by Gasteiger charge is 2.43. The van der Waals surface area contributed by atoms with E-state index >= 15 is 0 Å². The zero-order valence-corrected chi connectivity index (χ0v) is 15.8. The number of hydrogen-bond acceptors (Lipinski definition) is 4. The summed E-state index contributed by atoms with van der Waals surface area (Å²) in [5, 5.41) is 2.78. The van der Waals surface area contributed by atoms with Gasteiger partial charge in [-0.3, -0.25) is 9.59 Å². The Hall–Kier alpha value is -1.60. The Morgan fingerprint density at radius 1 is 1.31 bits per heavy atom. The highest BCUT2D eigenvalue weighted by Crippen LogP contribution is 2.38. The molecule has 5 nitrogen and oxygen atoms in total. The minimum atomic E-state index is -0.518. The minimum Gasteiger partial charge on any atom is -0.370 e. The quantitative estimate of drug-likeness (QED) is 0.853. The lowest BCUT2D eigenvalue weighted by atomic mass is 9.88. The molecule has 1 atom stereocenters. The van der Waals surface area contributed by atoms with E-state index in [9.17, 15) is 14.0 Å². The fraction of sp³-hybridized carbons (Fsp3) is 0.579. The zero-order chi connectivity index (χ0) is 18.6. The number of ether oxygens (including phenoxy) is 1. The number of likely N-dealkylation sites (tertiary alicyclic amines) is 1. The van der Waals surface area contributed by atoms with Gasteiger partial charge < -0.3 is 15.0 Å². The average molecular weight is 380 g/mol. The van der Waals surface area contributed by atoms with Crippen LogP contribution in [0.25, 0.3) is 0 Å². The number of rotatable bonds is 5. The van der Waals surface area contributed by atoms with Crippen LogP contribution >= 0.6 is 11.8 Å². The van der Waals surface area contributed by atoms with Crippen molar-refractivity contribution in [3.63, 3.8) is 0 Å². The second-order valence-electron chi connectivity index (χ2n) is 6.97. The van der Waals surface area contributed by atoms with Gasteiger partial charge in [-0.25, -0.2) is 4.39 Å². The van der Waals surface area contributed by atoms with Crippen LogP contribution in [0.3, 0.4) is 0 Å². The number of carbonyl (C=O) groups is 2. The number of thioether (sulfide) groups is 1. The summed E-state index contributed by atoms with van der Waals surface area (Å²) < 4.78 is 19.9. The van der Waals surface area contributed by atoms with Crippen molar-refractivity contribution in [3.05, 3.63) is 35.6 Å². The highest BCUT2D eigenvalue weighted by molar-refractivity contribution is 7.99. The topological polar surface area (TPSA) is 58.6 Å². The molecule has 0 saturated carbocycles. The lowest BCUT2D eigenvalue weighted by Gasteiger charge is -2.39. The Morgan fingerprint density at radius 2 is 2.04 bits per heavy atom. The molecule has 0 aromatic heterocycles. The molecular weight excluding hydrogens is 355 g/mol. The number of nitrogens with one attached hydrogen (secondary N) is 1. The first kappa shape index (κ1) is 19.2. The number of hydrogen-bond donors (Lipinski definition) is 1. The lowest BCUT2D eigenvalue weighted by molar-refractivity contribution is -0.134. The van der Waals surface area contributed by atoms with Gasteiger partial charge in [0.25, 0.3) is 5.91 Å². The first-order chi connectivity index (χ1) is 12.5. The van der Waals surface area contributed by atoms with E-state index in [0.717, 1.165) is 38.8 Å². The van der Waals surface area contributed by atoms with Crippen molar-refractivity contribution in [2.75, 3.05) is 31.6 Å². The maximum Gasteiger partial charge on any atom is 0.254 e. The second kappa shape index (κ2) is 8.39. The van der Waals surface area contributed by atoms with Crippen LogP contribution in [-0.4, -0.2) is 60.1 Å². The SMILES string of the molecule is CSCC(=O)N1CCC2(CC[C@H](CNC(=O)c3ccccc3F)O2)CC1.